The number of piperidine rings is 1. The van der Waals surface area contributed by atoms with E-state index >= 15 is 0 Å². The molecule has 142 valence electrons. The number of likely N-dealkylation sites (tertiary alicyclic amines) is 1. The molecule has 0 bridgehead atoms. The highest BCUT2D eigenvalue weighted by molar-refractivity contribution is 6.30. The molecule has 27 heavy (non-hydrogen) atoms. The molecule has 2 heterocycles. The summed E-state index contributed by atoms with van der Waals surface area (Å²) in [6.45, 7) is 2.61. The van der Waals surface area contributed by atoms with Gasteiger partial charge in [0.2, 0.25) is 0 Å². The zero-order valence-corrected chi connectivity index (χ0v) is 15.8. The van der Waals surface area contributed by atoms with E-state index in [2.05, 4.69) is 10.1 Å². The fourth-order valence-corrected chi connectivity index (χ4v) is 4.02. The van der Waals surface area contributed by atoms with Crippen molar-refractivity contribution in [2.45, 2.75) is 31.3 Å². The average molecular weight is 389 g/mol. The number of aliphatic hydroxyl groups is 1. The molecule has 0 aliphatic carbocycles. The zero-order valence-electron chi connectivity index (χ0n) is 15.0. The number of aromatic nitrogens is 1. The quantitative estimate of drug-likeness (QED) is 0.697. The third kappa shape index (κ3) is 4.00. The second kappa shape index (κ2) is 7.58. The van der Waals surface area contributed by atoms with Gasteiger partial charge >= 0.3 is 0 Å². The van der Waals surface area contributed by atoms with Gasteiger partial charge < -0.3 is 14.5 Å². The van der Waals surface area contributed by atoms with E-state index in [0.717, 1.165) is 49.1 Å². The molecule has 0 unspecified atom stereocenters. The fraction of sp³-hybridized carbons (Fsp3) is 0.381. The molecule has 4 nitrogen and oxygen atoms in total. The molecule has 1 N–H and O–H groups in total. The number of rotatable bonds is 5. The van der Waals surface area contributed by atoms with Crippen LogP contribution in [0.1, 0.15) is 30.5 Å². The van der Waals surface area contributed by atoms with Gasteiger partial charge in [-0.25, -0.2) is 4.39 Å². The zero-order chi connectivity index (χ0) is 18.9. The van der Waals surface area contributed by atoms with Crippen LogP contribution in [0.5, 0.6) is 0 Å². The highest BCUT2D eigenvalue weighted by Crippen LogP contribution is 2.34. The number of benzene rings is 2. The monoisotopic (exact) mass is 388 g/mol. The Morgan fingerprint density at radius 3 is 2.78 bits per heavy atom. The number of nitrogens with zero attached hydrogens (tertiary/aromatic N) is 2. The number of aryl methyl sites for hydroxylation is 1. The van der Waals surface area contributed by atoms with Crippen molar-refractivity contribution in [1.29, 1.82) is 0 Å². The molecule has 1 aromatic heterocycles. The van der Waals surface area contributed by atoms with Crippen LogP contribution in [0.3, 0.4) is 0 Å². The molecule has 6 heteroatoms. The molecule has 0 radical (unpaired) electrons. The maximum Gasteiger partial charge on any atom is 0.170 e. The van der Waals surface area contributed by atoms with Gasteiger partial charge in [-0.1, -0.05) is 28.9 Å². The lowest BCUT2D eigenvalue weighted by molar-refractivity contribution is -0.0259. The van der Waals surface area contributed by atoms with Crippen molar-refractivity contribution in [3.05, 3.63) is 64.6 Å². The molecule has 1 fully saturated rings. The first-order chi connectivity index (χ1) is 13.0. The molecule has 3 aromatic rings. The minimum absolute atomic E-state index is 0.314. The van der Waals surface area contributed by atoms with Gasteiger partial charge in [0, 0.05) is 29.6 Å². The Morgan fingerprint density at radius 2 is 2.00 bits per heavy atom. The number of hydrogen-bond donors (Lipinski definition) is 1. The predicted octanol–water partition coefficient (Wildman–Crippen LogP) is 4.54. The van der Waals surface area contributed by atoms with Crippen LogP contribution in [-0.4, -0.2) is 34.8 Å². The van der Waals surface area contributed by atoms with E-state index in [4.69, 9.17) is 16.1 Å². The summed E-state index contributed by atoms with van der Waals surface area (Å²) in [6, 6.07) is 12.0. The largest absolute Gasteiger partial charge is 0.385 e. The van der Waals surface area contributed by atoms with Gasteiger partial charge in [0.25, 0.3) is 0 Å². The van der Waals surface area contributed by atoms with E-state index in [1.807, 2.05) is 24.3 Å². The van der Waals surface area contributed by atoms with E-state index in [1.54, 1.807) is 6.07 Å². The molecule has 0 saturated carbocycles. The van der Waals surface area contributed by atoms with Crippen LogP contribution in [0.4, 0.5) is 4.39 Å². The van der Waals surface area contributed by atoms with Crippen molar-refractivity contribution < 1.29 is 14.0 Å². The topological polar surface area (TPSA) is 49.5 Å². The smallest absolute Gasteiger partial charge is 0.170 e. The van der Waals surface area contributed by atoms with Crippen molar-refractivity contribution in [1.82, 2.24) is 10.1 Å². The van der Waals surface area contributed by atoms with E-state index in [-0.39, 0.29) is 5.82 Å². The Labute approximate surface area is 162 Å². The molecular weight excluding hydrogens is 367 g/mol. The van der Waals surface area contributed by atoms with Gasteiger partial charge in [-0.3, -0.25) is 0 Å². The Kier molecular flexibility index (Phi) is 5.17. The summed E-state index contributed by atoms with van der Waals surface area (Å²) < 4.78 is 18.4. The number of halogens is 2. The normalized spacial score (nSPS) is 17.4. The first kappa shape index (κ1) is 18.4. The molecule has 1 aliphatic rings. The lowest BCUT2D eigenvalue weighted by atomic mass is 9.84. The number of hydrogen-bond acceptors (Lipinski definition) is 4. The van der Waals surface area contributed by atoms with Crippen LogP contribution in [0, 0.1) is 5.82 Å². The lowest BCUT2D eigenvalue weighted by Crippen LogP contribution is -2.42. The van der Waals surface area contributed by atoms with E-state index in [9.17, 15) is 9.50 Å². The molecule has 0 spiro atoms. The Hall–Kier alpha value is -1.95. The van der Waals surface area contributed by atoms with Crippen LogP contribution in [0.15, 0.2) is 47.0 Å². The van der Waals surface area contributed by atoms with Gasteiger partial charge in [-0.15, -0.1) is 0 Å². The highest BCUT2D eigenvalue weighted by Gasteiger charge is 2.33. The van der Waals surface area contributed by atoms with Crippen LogP contribution in [0.25, 0.3) is 11.0 Å². The first-order valence-electron chi connectivity index (χ1n) is 9.28. The fourth-order valence-electron chi connectivity index (χ4n) is 3.83. The Bertz CT molecular complexity index is 935. The Morgan fingerprint density at radius 1 is 1.19 bits per heavy atom. The third-order valence-electron chi connectivity index (χ3n) is 5.44. The van der Waals surface area contributed by atoms with Crippen LogP contribution in [0.2, 0.25) is 5.02 Å². The van der Waals surface area contributed by atoms with E-state index in [1.165, 1.54) is 12.1 Å². The first-order valence-corrected chi connectivity index (χ1v) is 9.66. The average Bonchev–Trinajstić information content (AvgIpc) is 3.05. The van der Waals surface area contributed by atoms with E-state index < -0.39 is 5.60 Å². The van der Waals surface area contributed by atoms with E-state index in [0.29, 0.717) is 23.4 Å². The molecular formula is C21H22ClFN2O2. The summed E-state index contributed by atoms with van der Waals surface area (Å²) in [6.07, 6.45) is 3.11. The van der Waals surface area contributed by atoms with Crippen LogP contribution >= 0.6 is 11.6 Å². The van der Waals surface area contributed by atoms with Gasteiger partial charge in [0.15, 0.2) is 5.58 Å². The highest BCUT2D eigenvalue weighted by atomic mass is 35.5. The molecule has 1 saturated heterocycles. The summed E-state index contributed by atoms with van der Waals surface area (Å²) in [4.78, 5) is 2.36. The van der Waals surface area contributed by atoms with Crippen molar-refractivity contribution in [3.63, 3.8) is 0 Å². The minimum Gasteiger partial charge on any atom is -0.385 e. The molecule has 4 rings (SSSR count). The second-order valence-electron chi connectivity index (χ2n) is 7.26. The second-order valence-corrected chi connectivity index (χ2v) is 7.69. The third-order valence-corrected chi connectivity index (χ3v) is 5.68. The minimum atomic E-state index is -0.798. The van der Waals surface area contributed by atoms with Crippen molar-refractivity contribution in [3.8, 4) is 0 Å². The number of fused-ring (bicyclic) bond motifs is 1. The molecule has 1 aliphatic heterocycles. The van der Waals surface area contributed by atoms with Gasteiger partial charge in [0.1, 0.15) is 5.82 Å². The molecule has 0 atom stereocenters. The molecule has 2 aromatic carbocycles. The standard InChI is InChI=1S/C21H22ClFN2O2/c22-16-4-1-3-15(13-16)21(26)8-11-25(12-9-21)10-2-5-19-18-7-6-17(23)14-20(18)27-24-19/h1,3-4,6-7,13-14,26H,2,5,8-12H2. The summed E-state index contributed by atoms with van der Waals surface area (Å²) in [5.41, 5.74) is 1.47. The van der Waals surface area contributed by atoms with Crippen molar-refractivity contribution >= 4 is 22.6 Å². The summed E-state index contributed by atoms with van der Waals surface area (Å²) in [5.74, 6) is -0.314. The summed E-state index contributed by atoms with van der Waals surface area (Å²) in [7, 11) is 0. The van der Waals surface area contributed by atoms with Crippen molar-refractivity contribution in [2.24, 2.45) is 0 Å². The lowest BCUT2D eigenvalue weighted by Gasteiger charge is -2.38. The molecule has 0 amide bonds. The van der Waals surface area contributed by atoms with Gasteiger partial charge in [-0.05, 0) is 62.1 Å². The maximum absolute atomic E-state index is 13.2. The Balaban J connectivity index is 1.30. The van der Waals surface area contributed by atoms with Crippen LogP contribution < -0.4 is 0 Å². The maximum atomic E-state index is 13.2. The van der Waals surface area contributed by atoms with Gasteiger partial charge in [0.05, 0.1) is 11.3 Å². The summed E-state index contributed by atoms with van der Waals surface area (Å²) in [5, 5.41) is 16.6. The predicted molar refractivity (Wildman–Crippen MR) is 103 cm³/mol. The van der Waals surface area contributed by atoms with Crippen LogP contribution in [-0.2, 0) is 12.0 Å². The van der Waals surface area contributed by atoms with Gasteiger partial charge in [-0.2, -0.15) is 0 Å². The SMILES string of the molecule is OC1(c2cccc(Cl)c2)CCN(CCCc2noc3cc(F)ccc23)CC1. The summed E-state index contributed by atoms with van der Waals surface area (Å²) >= 11 is 6.07. The van der Waals surface area contributed by atoms with Crippen molar-refractivity contribution in [2.75, 3.05) is 19.6 Å².